The Labute approximate surface area is 107 Å². The molecule has 0 unspecified atom stereocenters. The number of nitrogens with two attached hydrogens (primary N) is 1. The molecule has 1 aromatic carbocycles. The van der Waals surface area contributed by atoms with Crippen molar-refractivity contribution >= 4 is 5.91 Å². The molecule has 5 heteroatoms. The first-order valence-corrected chi connectivity index (χ1v) is 5.75. The van der Waals surface area contributed by atoms with Crippen LogP contribution in [0.3, 0.4) is 0 Å². The molecular formula is C13H20N2O3. The summed E-state index contributed by atoms with van der Waals surface area (Å²) in [4.78, 5) is 16.2. The van der Waals surface area contributed by atoms with Gasteiger partial charge in [-0.05, 0) is 32.9 Å². The van der Waals surface area contributed by atoms with Crippen LogP contribution in [0.4, 0.5) is 0 Å². The van der Waals surface area contributed by atoms with Crippen LogP contribution in [-0.2, 0) is 9.63 Å². The highest BCUT2D eigenvalue weighted by Gasteiger charge is 2.20. The fourth-order valence-corrected chi connectivity index (χ4v) is 1.44. The second-order valence-electron chi connectivity index (χ2n) is 4.84. The van der Waals surface area contributed by atoms with E-state index in [1.807, 2.05) is 45.0 Å². The Balaban J connectivity index is 2.39. The minimum Gasteiger partial charge on any atom is -0.484 e. The lowest BCUT2D eigenvalue weighted by atomic mass is 10.1. The van der Waals surface area contributed by atoms with E-state index in [0.717, 1.165) is 5.56 Å². The predicted octanol–water partition coefficient (Wildman–Crippen LogP) is 1.16. The number of carbonyl (C=O) groups is 1. The van der Waals surface area contributed by atoms with Gasteiger partial charge < -0.3 is 14.9 Å². The van der Waals surface area contributed by atoms with Crippen LogP contribution in [0.5, 0.6) is 5.75 Å². The Hall–Kier alpha value is -1.59. The molecule has 1 aromatic rings. The molecule has 0 aliphatic rings. The van der Waals surface area contributed by atoms with E-state index in [1.54, 1.807) is 0 Å². The topological polar surface area (TPSA) is 73.6 Å². The second-order valence-corrected chi connectivity index (χ2v) is 4.84. The molecule has 1 amide bonds. The molecule has 0 atom stereocenters. The molecule has 5 nitrogen and oxygen atoms in total. The summed E-state index contributed by atoms with van der Waals surface area (Å²) in [5.41, 5.74) is 0.635. The number of aryl methyl sites for hydroxylation is 1. The van der Waals surface area contributed by atoms with E-state index in [1.165, 1.54) is 0 Å². The van der Waals surface area contributed by atoms with Gasteiger partial charge in [0.15, 0.2) is 6.61 Å². The van der Waals surface area contributed by atoms with Gasteiger partial charge in [0, 0.05) is 0 Å². The molecule has 0 aliphatic carbocycles. The largest absolute Gasteiger partial charge is 0.484 e. The van der Waals surface area contributed by atoms with Crippen molar-refractivity contribution in [1.29, 1.82) is 0 Å². The lowest BCUT2D eigenvalue weighted by Gasteiger charge is -2.24. The summed E-state index contributed by atoms with van der Waals surface area (Å²) in [5, 5.41) is 2.77. The zero-order valence-electron chi connectivity index (χ0n) is 11.0. The molecule has 0 heterocycles. The average molecular weight is 252 g/mol. The Kier molecular flexibility index (Phi) is 5.12. The molecule has 0 aliphatic heterocycles. The van der Waals surface area contributed by atoms with Gasteiger partial charge in [-0.25, -0.2) is 5.90 Å². The minimum absolute atomic E-state index is 0.0307. The van der Waals surface area contributed by atoms with E-state index in [9.17, 15) is 4.79 Å². The summed E-state index contributed by atoms with van der Waals surface area (Å²) in [7, 11) is 0. The Morgan fingerprint density at radius 1 is 1.33 bits per heavy atom. The number of hydrogen-bond donors (Lipinski definition) is 2. The van der Waals surface area contributed by atoms with Crippen LogP contribution in [0.15, 0.2) is 24.3 Å². The first-order valence-electron chi connectivity index (χ1n) is 5.75. The van der Waals surface area contributed by atoms with E-state index in [4.69, 9.17) is 10.6 Å². The minimum atomic E-state index is -0.511. The maximum Gasteiger partial charge on any atom is 0.258 e. The van der Waals surface area contributed by atoms with Gasteiger partial charge in [0.2, 0.25) is 0 Å². The van der Waals surface area contributed by atoms with Gasteiger partial charge in [-0.2, -0.15) is 0 Å². The van der Waals surface area contributed by atoms with Crippen LogP contribution in [0.25, 0.3) is 0 Å². The number of benzene rings is 1. The third-order valence-electron chi connectivity index (χ3n) is 2.31. The summed E-state index contributed by atoms with van der Waals surface area (Å²) < 4.78 is 5.36. The predicted molar refractivity (Wildman–Crippen MR) is 69.0 cm³/mol. The van der Waals surface area contributed by atoms with Gasteiger partial charge in [0.25, 0.3) is 5.91 Å². The summed E-state index contributed by atoms with van der Waals surface area (Å²) >= 11 is 0. The SMILES string of the molecule is Cc1ccc(OCC(=O)NC(C)(C)CON)cc1. The fraction of sp³-hybridized carbons (Fsp3) is 0.462. The van der Waals surface area contributed by atoms with Gasteiger partial charge in [-0.1, -0.05) is 17.7 Å². The third kappa shape index (κ3) is 5.16. The molecule has 18 heavy (non-hydrogen) atoms. The first-order chi connectivity index (χ1) is 8.43. The van der Waals surface area contributed by atoms with Crippen molar-refractivity contribution < 1.29 is 14.4 Å². The third-order valence-corrected chi connectivity index (χ3v) is 2.31. The Morgan fingerprint density at radius 2 is 1.94 bits per heavy atom. The summed E-state index contributed by atoms with van der Waals surface area (Å²) in [6.45, 7) is 5.85. The first kappa shape index (κ1) is 14.5. The van der Waals surface area contributed by atoms with E-state index in [0.29, 0.717) is 5.75 Å². The highest BCUT2D eigenvalue weighted by molar-refractivity contribution is 5.78. The normalized spacial score (nSPS) is 11.1. The highest BCUT2D eigenvalue weighted by atomic mass is 16.6. The number of amides is 1. The van der Waals surface area contributed by atoms with E-state index in [2.05, 4.69) is 10.2 Å². The van der Waals surface area contributed by atoms with Crippen LogP contribution in [-0.4, -0.2) is 24.7 Å². The zero-order chi connectivity index (χ0) is 13.6. The number of ether oxygens (including phenoxy) is 1. The van der Waals surface area contributed by atoms with Crippen molar-refractivity contribution in [3.05, 3.63) is 29.8 Å². The summed E-state index contributed by atoms with van der Waals surface area (Å²) in [5.74, 6) is 5.45. The maximum absolute atomic E-state index is 11.6. The van der Waals surface area contributed by atoms with Crippen LogP contribution in [0.2, 0.25) is 0 Å². The molecule has 0 saturated heterocycles. The molecule has 0 spiro atoms. The molecule has 0 fully saturated rings. The van der Waals surface area contributed by atoms with Gasteiger partial charge in [-0.3, -0.25) is 4.79 Å². The Morgan fingerprint density at radius 3 is 2.50 bits per heavy atom. The molecule has 0 aromatic heterocycles. The van der Waals surface area contributed by atoms with Crippen molar-refractivity contribution in [3.8, 4) is 5.75 Å². The lowest BCUT2D eigenvalue weighted by molar-refractivity contribution is -0.125. The van der Waals surface area contributed by atoms with Gasteiger partial charge in [-0.15, -0.1) is 0 Å². The molecule has 0 saturated carbocycles. The molecule has 0 radical (unpaired) electrons. The van der Waals surface area contributed by atoms with Crippen molar-refractivity contribution in [2.45, 2.75) is 26.3 Å². The van der Waals surface area contributed by atoms with Crippen molar-refractivity contribution in [3.63, 3.8) is 0 Å². The average Bonchev–Trinajstić information content (AvgIpc) is 2.27. The van der Waals surface area contributed by atoms with E-state index < -0.39 is 5.54 Å². The molecule has 1 rings (SSSR count). The molecule has 0 bridgehead atoms. The van der Waals surface area contributed by atoms with Crippen molar-refractivity contribution in [1.82, 2.24) is 5.32 Å². The Bertz CT molecular complexity index is 388. The number of hydrogen-bond acceptors (Lipinski definition) is 4. The van der Waals surface area contributed by atoms with Crippen molar-refractivity contribution in [2.75, 3.05) is 13.2 Å². The lowest BCUT2D eigenvalue weighted by Crippen LogP contribution is -2.49. The quantitative estimate of drug-likeness (QED) is 0.745. The molecule has 100 valence electrons. The van der Waals surface area contributed by atoms with Crippen molar-refractivity contribution in [2.24, 2.45) is 5.90 Å². The number of rotatable bonds is 6. The maximum atomic E-state index is 11.6. The number of nitrogens with one attached hydrogen (secondary N) is 1. The smallest absolute Gasteiger partial charge is 0.258 e. The summed E-state index contributed by atoms with van der Waals surface area (Å²) in [6, 6.07) is 7.52. The standard InChI is InChI=1S/C13H20N2O3/c1-10-4-6-11(7-5-10)17-8-12(16)15-13(2,3)9-18-14/h4-7H,8-9,14H2,1-3H3,(H,15,16). The molecule has 3 N–H and O–H groups in total. The monoisotopic (exact) mass is 252 g/mol. The zero-order valence-corrected chi connectivity index (χ0v) is 11.0. The van der Waals surface area contributed by atoms with E-state index >= 15 is 0 Å². The second kappa shape index (κ2) is 6.37. The highest BCUT2D eigenvalue weighted by Crippen LogP contribution is 2.11. The van der Waals surface area contributed by atoms with Crippen LogP contribution in [0, 0.1) is 6.92 Å². The van der Waals surface area contributed by atoms with Crippen LogP contribution in [0.1, 0.15) is 19.4 Å². The molecular weight excluding hydrogens is 232 g/mol. The van der Waals surface area contributed by atoms with Crippen LogP contribution >= 0.6 is 0 Å². The van der Waals surface area contributed by atoms with Gasteiger partial charge >= 0.3 is 0 Å². The van der Waals surface area contributed by atoms with Crippen LogP contribution < -0.4 is 16.0 Å². The van der Waals surface area contributed by atoms with Gasteiger partial charge in [0.05, 0.1) is 12.1 Å². The fourth-order valence-electron chi connectivity index (χ4n) is 1.44. The van der Waals surface area contributed by atoms with Gasteiger partial charge in [0.1, 0.15) is 5.75 Å². The van der Waals surface area contributed by atoms with E-state index in [-0.39, 0.29) is 19.1 Å². The summed E-state index contributed by atoms with van der Waals surface area (Å²) in [6.07, 6.45) is 0. The number of carbonyl (C=O) groups excluding carboxylic acids is 1.